The monoisotopic (exact) mass is 250 g/mol. The molecule has 0 radical (unpaired) electrons. The molecule has 17 heavy (non-hydrogen) atoms. The van der Waals surface area contributed by atoms with Crippen LogP contribution >= 0.6 is 11.3 Å². The summed E-state index contributed by atoms with van der Waals surface area (Å²) in [6, 6.07) is 8.13. The molecule has 1 heterocycles. The largest absolute Gasteiger partial charge is 0.456 e. The van der Waals surface area contributed by atoms with Crippen LogP contribution in [0.1, 0.15) is 20.8 Å². The molecule has 0 saturated heterocycles. The van der Waals surface area contributed by atoms with Crippen LogP contribution in [0, 0.1) is 12.7 Å². The Morgan fingerprint density at radius 1 is 1.41 bits per heavy atom. The van der Waals surface area contributed by atoms with E-state index in [9.17, 15) is 9.18 Å². The minimum absolute atomic E-state index is 0.0124. The number of thiophene rings is 1. The van der Waals surface area contributed by atoms with Gasteiger partial charge in [-0.15, -0.1) is 11.3 Å². The summed E-state index contributed by atoms with van der Waals surface area (Å²) in [6.07, 6.45) is 0. The maximum atomic E-state index is 13.4. The molecule has 0 saturated carbocycles. The van der Waals surface area contributed by atoms with Crippen LogP contribution in [0.4, 0.5) is 4.39 Å². The number of carbonyl (C=O) groups excluding carboxylic acids is 1. The third-order valence-electron chi connectivity index (χ3n) is 2.27. The predicted octanol–water partition coefficient (Wildman–Crippen LogP) is 3.55. The highest BCUT2D eigenvalue weighted by atomic mass is 32.1. The normalized spacial score (nSPS) is 10.2. The number of ether oxygens (including phenoxy) is 1. The number of hydrogen-bond donors (Lipinski definition) is 0. The Kier molecular flexibility index (Phi) is 3.54. The third kappa shape index (κ3) is 2.91. The van der Waals surface area contributed by atoms with E-state index in [1.807, 2.05) is 17.5 Å². The fourth-order valence-electron chi connectivity index (χ4n) is 1.40. The number of hydrogen-bond acceptors (Lipinski definition) is 3. The summed E-state index contributed by atoms with van der Waals surface area (Å²) < 4.78 is 18.4. The van der Waals surface area contributed by atoms with Crippen molar-refractivity contribution >= 4 is 17.3 Å². The van der Waals surface area contributed by atoms with E-state index in [0.29, 0.717) is 0 Å². The first-order valence-corrected chi connectivity index (χ1v) is 6.00. The van der Waals surface area contributed by atoms with E-state index in [0.717, 1.165) is 10.4 Å². The molecule has 2 rings (SSSR count). The summed E-state index contributed by atoms with van der Waals surface area (Å²) in [5, 5.41) is 1.90. The van der Waals surface area contributed by atoms with Crippen LogP contribution in [-0.4, -0.2) is 5.97 Å². The van der Waals surface area contributed by atoms with Gasteiger partial charge in [0.15, 0.2) is 0 Å². The van der Waals surface area contributed by atoms with Crippen LogP contribution in [0.3, 0.4) is 0 Å². The first-order chi connectivity index (χ1) is 8.16. The summed E-state index contributed by atoms with van der Waals surface area (Å²) in [5.41, 5.74) is 0.816. The highest BCUT2D eigenvalue weighted by Gasteiger charge is 2.13. The molecule has 2 aromatic rings. The maximum absolute atomic E-state index is 13.4. The molecule has 0 fully saturated rings. The lowest BCUT2D eigenvalue weighted by molar-refractivity contribution is 0.0471. The fraction of sp³-hybridized carbons (Fsp3) is 0.154. The molecular formula is C13H11FO2S. The predicted molar refractivity (Wildman–Crippen MR) is 64.6 cm³/mol. The zero-order valence-corrected chi connectivity index (χ0v) is 10.1. The Hall–Kier alpha value is -1.68. The molecule has 0 amide bonds. The Labute approximate surface area is 103 Å². The average molecular weight is 250 g/mol. The molecular weight excluding hydrogens is 239 g/mol. The van der Waals surface area contributed by atoms with Crippen molar-refractivity contribution in [3.8, 4) is 0 Å². The van der Waals surface area contributed by atoms with Gasteiger partial charge in [-0.05, 0) is 30.5 Å². The highest BCUT2D eigenvalue weighted by molar-refractivity contribution is 7.09. The van der Waals surface area contributed by atoms with Crippen molar-refractivity contribution in [1.29, 1.82) is 0 Å². The van der Waals surface area contributed by atoms with Gasteiger partial charge in [0.25, 0.3) is 0 Å². The van der Waals surface area contributed by atoms with Crippen LogP contribution in [0.15, 0.2) is 35.7 Å². The summed E-state index contributed by atoms with van der Waals surface area (Å²) >= 11 is 1.50. The summed E-state index contributed by atoms with van der Waals surface area (Å²) in [4.78, 5) is 12.6. The number of halogens is 1. The quantitative estimate of drug-likeness (QED) is 0.779. The van der Waals surface area contributed by atoms with Crippen LogP contribution in [0.25, 0.3) is 0 Å². The molecule has 0 atom stereocenters. The van der Waals surface area contributed by atoms with Crippen LogP contribution in [0.5, 0.6) is 0 Å². The summed E-state index contributed by atoms with van der Waals surface area (Å²) in [6.45, 7) is 1.99. The van der Waals surface area contributed by atoms with Crippen molar-refractivity contribution in [2.75, 3.05) is 0 Å². The van der Waals surface area contributed by atoms with Crippen LogP contribution < -0.4 is 0 Å². The lowest BCUT2D eigenvalue weighted by Gasteiger charge is -2.05. The second kappa shape index (κ2) is 5.10. The Balaban J connectivity index is 2.07. The van der Waals surface area contributed by atoms with E-state index in [-0.39, 0.29) is 12.2 Å². The number of aryl methyl sites for hydroxylation is 1. The molecule has 0 aliphatic heterocycles. The summed E-state index contributed by atoms with van der Waals surface area (Å²) in [5.74, 6) is -1.17. The van der Waals surface area contributed by atoms with Gasteiger partial charge in [0.05, 0.1) is 5.56 Å². The third-order valence-corrected chi connectivity index (χ3v) is 3.12. The van der Waals surface area contributed by atoms with Crippen LogP contribution in [0.2, 0.25) is 0 Å². The standard InChI is InChI=1S/C13H11FO2S/c1-9-4-5-12(14)11(7-9)13(15)16-8-10-3-2-6-17-10/h2-7H,8H2,1H3. The van der Waals surface area contributed by atoms with Gasteiger partial charge in [-0.25, -0.2) is 9.18 Å². The topological polar surface area (TPSA) is 26.3 Å². The minimum Gasteiger partial charge on any atom is -0.456 e. The summed E-state index contributed by atoms with van der Waals surface area (Å²) in [7, 11) is 0. The van der Waals surface area contributed by atoms with Gasteiger partial charge >= 0.3 is 5.97 Å². The molecule has 4 heteroatoms. The zero-order chi connectivity index (χ0) is 12.3. The average Bonchev–Trinajstić information content (AvgIpc) is 2.82. The van der Waals surface area contributed by atoms with Crippen molar-refractivity contribution in [1.82, 2.24) is 0 Å². The van der Waals surface area contributed by atoms with Crippen molar-refractivity contribution < 1.29 is 13.9 Å². The first-order valence-electron chi connectivity index (χ1n) is 5.12. The van der Waals surface area contributed by atoms with Crippen molar-refractivity contribution in [2.45, 2.75) is 13.5 Å². The maximum Gasteiger partial charge on any atom is 0.341 e. The lowest BCUT2D eigenvalue weighted by Crippen LogP contribution is -2.07. The van der Waals surface area contributed by atoms with E-state index in [1.54, 1.807) is 13.0 Å². The first kappa shape index (κ1) is 11.8. The van der Waals surface area contributed by atoms with Crippen molar-refractivity contribution in [3.05, 3.63) is 57.5 Å². The van der Waals surface area contributed by atoms with E-state index in [1.165, 1.54) is 23.5 Å². The smallest absolute Gasteiger partial charge is 0.341 e. The van der Waals surface area contributed by atoms with Gasteiger partial charge in [-0.3, -0.25) is 0 Å². The lowest BCUT2D eigenvalue weighted by atomic mass is 10.1. The number of carbonyl (C=O) groups is 1. The second-order valence-corrected chi connectivity index (χ2v) is 4.67. The molecule has 88 valence electrons. The molecule has 2 nitrogen and oxygen atoms in total. The molecule has 1 aromatic heterocycles. The van der Waals surface area contributed by atoms with Gasteiger partial charge in [0, 0.05) is 4.88 Å². The van der Waals surface area contributed by atoms with Crippen LogP contribution in [-0.2, 0) is 11.3 Å². The van der Waals surface area contributed by atoms with Crippen molar-refractivity contribution in [3.63, 3.8) is 0 Å². The zero-order valence-electron chi connectivity index (χ0n) is 9.27. The molecule has 0 spiro atoms. The molecule has 0 unspecified atom stereocenters. The Bertz CT molecular complexity index is 520. The van der Waals surface area contributed by atoms with Gasteiger partial charge in [0.2, 0.25) is 0 Å². The van der Waals surface area contributed by atoms with E-state index < -0.39 is 11.8 Å². The minimum atomic E-state index is -0.625. The molecule has 1 aromatic carbocycles. The van der Waals surface area contributed by atoms with Gasteiger partial charge in [0.1, 0.15) is 12.4 Å². The number of benzene rings is 1. The SMILES string of the molecule is Cc1ccc(F)c(C(=O)OCc2cccs2)c1. The molecule has 0 bridgehead atoms. The van der Waals surface area contributed by atoms with Crippen molar-refractivity contribution in [2.24, 2.45) is 0 Å². The number of esters is 1. The number of rotatable bonds is 3. The second-order valence-electron chi connectivity index (χ2n) is 3.64. The van der Waals surface area contributed by atoms with Gasteiger partial charge in [-0.2, -0.15) is 0 Å². The van der Waals surface area contributed by atoms with E-state index in [4.69, 9.17) is 4.74 Å². The fourth-order valence-corrected chi connectivity index (χ4v) is 2.02. The Morgan fingerprint density at radius 2 is 2.24 bits per heavy atom. The molecule has 0 N–H and O–H groups in total. The molecule has 0 aliphatic rings. The van der Waals surface area contributed by atoms with E-state index >= 15 is 0 Å². The van der Waals surface area contributed by atoms with E-state index in [2.05, 4.69) is 0 Å². The van der Waals surface area contributed by atoms with Gasteiger partial charge in [-0.1, -0.05) is 17.7 Å². The Morgan fingerprint density at radius 3 is 2.94 bits per heavy atom. The van der Waals surface area contributed by atoms with Gasteiger partial charge < -0.3 is 4.74 Å². The highest BCUT2D eigenvalue weighted by Crippen LogP contribution is 2.14. The molecule has 0 aliphatic carbocycles.